The summed E-state index contributed by atoms with van der Waals surface area (Å²) in [4.78, 5) is 17.3. The monoisotopic (exact) mass is 385 g/mol. The number of carbonyl (C=O) groups excluding carboxylic acids is 1. The van der Waals surface area contributed by atoms with Gasteiger partial charge in [0, 0.05) is 5.56 Å². The molecule has 5 heteroatoms. The Bertz CT molecular complexity index is 1100. The van der Waals surface area contributed by atoms with Crippen LogP contribution in [0.3, 0.4) is 0 Å². The first-order valence-corrected chi connectivity index (χ1v) is 9.17. The lowest BCUT2D eigenvalue weighted by Gasteiger charge is -2.04. The van der Waals surface area contributed by atoms with Crippen LogP contribution in [-0.4, -0.2) is 18.1 Å². The summed E-state index contributed by atoms with van der Waals surface area (Å²) in [6.07, 6.45) is 0. The van der Waals surface area contributed by atoms with Crippen LogP contribution in [0.4, 0.5) is 0 Å². The number of carbonyl (C=O) groups is 1. The summed E-state index contributed by atoms with van der Waals surface area (Å²) in [7, 11) is 1.58. The molecule has 0 amide bonds. The van der Waals surface area contributed by atoms with Gasteiger partial charge in [-0.2, -0.15) is 0 Å². The number of rotatable bonds is 6. The van der Waals surface area contributed by atoms with E-state index in [1.807, 2.05) is 84.9 Å². The van der Waals surface area contributed by atoms with E-state index in [2.05, 4.69) is 4.98 Å². The van der Waals surface area contributed by atoms with Crippen LogP contribution in [0.25, 0.3) is 22.8 Å². The predicted octanol–water partition coefficient (Wildman–Crippen LogP) is 5.37. The van der Waals surface area contributed by atoms with E-state index >= 15 is 0 Å². The van der Waals surface area contributed by atoms with Crippen LogP contribution in [0.1, 0.15) is 16.1 Å². The number of nitrogens with zero attached hydrogens (tertiary/aromatic N) is 1. The third-order valence-electron chi connectivity index (χ3n) is 4.41. The molecule has 0 fully saturated rings. The van der Waals surface area contributed by atoms with Crippen molar-refractivity contribution in [1.82, 2.24) is 4.98 Å². The van der Waals surface area contributed by atoms with Crippen molar-refractivity contribution >= 4 is 5.97 Å². The van der Waals surface area contributed by atoms with Gasteiger partial charge in [-0.15, -0.1) is 0 Å². The Morgan fingerprint density at radius 1 is 0.897 bits per heavy atom. The van der Waals surface area contributed by atoms with Gasteiger partial charge < -0.3 is 13.9 Å². The van der Waals surface area contributed by atoms with Gasteiger partial charge in [-0.05, 0) is 17.7 Å². The molecule has 0 unspecified atom stereocenters. The fourth-order valence-electron chi connectivity index (χ4n) is 2.97. The van der Waals surface area contributed by atoms with E-state index in [1.165, 1.54) is 0 Å². The molecule has 4 aromatic rings. The van der Waals surface area contributed by atoms with Crippen LogP contribution in [0.2, 0.25) is 0 Å². The van der Waals surface area contributed by atoms with Crippen molar-refractivity contribution in [3.8, 4) is 28.5 Å². The van der Waals surface area contributed by atoms with Crippen LogP contribution in [0.5, 0.6) is 5.75 Å². The van der Waals surface area contributed by atoms with Crippen molar-refractivity contribution < 1.29 is 18.7 Å². The van der Waals surface area contributed by atoms with Gasteiger partial charge in [0.2, 0.25) is 5.89 Å². The van der Waals surface area contributed by atoms with Gasteiger partial charge in [0.05, 0.1) is 12.7 Å². The highest BCUT2D eigenvalue weighted by Gasteiger charge is 2.24. The number of esters is 1. The van der Waals surface area contributed by atoms with Crippen LogP contribution in [-0.2, 0) is 11.3 Å². The van der Waals surface area contributed by atoms with Gasteiger partial charge in [0.25, 0.3) is 0 Å². The maximum absolute atomic E-state index is 12.8. The fourth-order valence-corrected chi connectivity index (χ4v) is 2.97. The molecule has 0 saturated heterocycles. The average Bonchev–Trinajstić information content (AvgIpc) is 3.24. The van der Waals surface area contributed by atoms with Crippen molar-refractivity contribution in [2.24, 2.45) is 0 Å². The number of hydrogen-bond acceptors (Lipinski definition) is 5. The molecule has 0 bridgehead atoms. The van der Waals surface area contributed by atoms with E-state index in [1.54, 1.807) is 7.11 Å². The summed E-state index contributed by atoms with van der Waals surface area (Å²) in [5.74, 6) is 0.729. The Balaban J connectivity index is 1.71. The molecule has 0 radical (unpaired) electrons. The minimum Gasteiger partial charge on any atom is -0.496 e. The molecule has 0 aliphatic carbocycles. The lowest BCUT2D eigenvalue weighted by atomic mass is 10.1. The Kier molecular flexibility index (Phi) is 5.38. The predicted molar refractivity (Wildman–Crippen MR) is 109 cm³/mol. The second-order valence-electron chi connectivity index (χ2n) is 6.32. The number of hydrogen-bond donors (Lipinski definition) is 0. The number of aromatic nitrogens is 1. The highest BCUT2D eigenvalue weighted by atomic mass is 16.5. The molecule has 3 aromatic carbocycles. The molecule has 29 heavy (non-hydrogen) atoms. The average molecular weight is 385 g/mol. The number of ether oxygens (including phenoxy) is 2. The molecule has 0 aliphatic heterocycles. The van der Waals surface area contributed by atoms with Gasteiger partial charge in [0.1, 0.15) is 12.4 Å². The van der Waals surface area contributed by atoms with E-state index in [9.17, 15) is 4.79 Å². The third kappa shape index (κ3) is 4.04. The molecule has 1 heterocycles. The lowest BCUT2D eigenvalue weighted by molar-refractivity contribution is 0.0467. The molecule has 0 N–H and O–H groups in total. The summed E-state index contributed by atoms with van der Waals surface area (Å²) in [5.41, 5.74) is 2.44. The Labute approximate surface area is 168 Å². The molecule has 4 rings (SSSR count). The minimum atomic E-state index is -0.544. The zero-order valence-electron chi connectivity index (χ0n) is 15.9. The maximum Gasteiger partial charge on any atom is 0.361 e. The zero-order valence-corrected chi connectivity index (χ0v) is 15.9. The van der Waals surface area contributed by atoms with Crippen molar-refractivity contribution in [3.63, 3.8) is 0 Å². The molecular weight excluding hydrogens is 366 g/mol. The first-order chi connectivity index (χ1) is 14.3. The molecule has 0 saturated carbocycles. The zero-order chi connectivity index (χ0) is 20.1. The molecular formula is C24H19NO4. The van der Waals surface area contributed by atoms with Gasteiger partial charge >= 0.3 is 5.97 Å². The van der Waals surface area contributed by atoms with Crippen LogP contribution < -0.4 is 4.74 Å². The SMILES string of the molecule is COc1ccccc1-c1nc(C(=O)OCc2ccccc2)c(-c2ccccc2)o1. The van der Waals surface area contributed by atoms with Crippen molar-refractivity contribution in [2.45, 2.75) is 6.61 Å². The van der Waals surface area contributed by atoms with Crippen LogP contribution >= 0.6 is 0 Å². The van der Waals surface area contributed by atoms with E-state index in [0.29, 0.717) is 23.0 Å². The highest BCUT2D eigenvalue weighted by Crippen LogP contribution is 2.34. The maximum atomic E-state index is 12.8. The number of para-hydroxylation sites is 1. The number of oxazole rings is 1. The van der Waals surface area contributed by atoms with Crippen molar-refractivity contribution in [3.05, 3.63) is 96.2 Å². The van der Waals surface area contributed by atoms with Crippen LogP contribution in [0.15, 0.2) is 89.3 Å². The van der Waals surface area contributed by atoms with Crippen LogP contribution in [0, 0.1) is 0 Å². The molecule has 5 nitrogen and oxygen atoms in total. The van der Waals surface area contributed by atoms with E-state index < -0.39 is 5.97 Å². The van der Waals surface area contributed by atoms with Crippen molar-refractivity contribution in [1.29, 1.82) is 0 Å². The first kappa shape index (κ1) is 18.5. The summed E-state index contributed by atoms with van der Waals surface area (Å²) in [6, 6.07) is 26.2. The summed E-state index contributed by atoms with van der Waals surface area (Å²) in [6.45, 7) is 0.157. The summed E-state index contributed by atoms with van der Waals surface area (Å²) >= 11 is 0. The molecule has 0 aliphatic rings. The molecule has 1 aromatic heterocycles. The van der Waals surface area contributed by atoms with Crippen molar-refractivity contribution in [2.75, 3.05) is 7.11 Å². The second kappa shape index (κ2) is 8.44. The first-order valence-electron chi connectivity index (χ1n) is 9.17. The third-order valence-corrected chi connectivity index (χ3v) is 4.41. The molecule has 0 atom stereocenters. The normalized spacial score (nSPS) is 10.5. The fraction of sp³-hybridized carbons (Fsp3) is 0.0833. The number of methoxy groups -OCH3 is 1. The standard InChI is InChI=1S/C24H19NO4/c1-27-20-15-9-8-14-19(20)23-25-21(22(29-23)18-12-6-3-7-13-18)24(26)28-16-17-10-4-2-5-11-17/h2-15H,16H2,1H3. The highest BCUT2D eigenvalue weighted by molar-refractivity contribution is 5.94. The minimum absolute atomic E-state index is 0.132. The van der Waals surface area contributed by atoms with Gasteiger partial charge in [-0.1, -0.05) is 72.8 Å². The smallest absolute Gasteiger partial charge is 0.361 e. The summed E-state index contributed by atoms with van der Waals surface area (Å²) in [5, 5.41) is 0. The number of benzene rings is 3. The van der Waals surface area contributed by atoms with Gasteiger partial charge in [-0.25, -0.2) is 9.78 Å². The Morgan fingerprint density at radius 2 is 1.55 bits per heavy atom. The van der Waals surface area contributed by atoms with E-state index in [4.69, 9.17) is 13.9 Å². The Hall–Kier alpha value is -3.86. The van der Waals surface area contributed by atoms with Gasteiger partial charge in [0.15, 0.2) is 11.5 Å². The lowest BCUT2D eigenvalue weighted by Crippen LogP contribution is -2.07. The van der Waals surface area contributed by atoms with E-state index in [-0.39, 0.29) is 12.3 Å². The quantitative estimate of drug-likeness (QED) is 0.417. The van der Waals surface area contributed by atoms with E-state index in [0.717, 1.165) is 11.1 Å². The van der Waals surface area contributed by atoms with Gasteiger partial charge in [-0.3, -0.25) is 0 Å². The Morgan fingerprint density at radius 3 is 2.28 bits per heavy atom. The molecule has 0 spiro atoms. The topological polar surface area (TPSA) is 61.6 Å². The molecule has 144 valence electrons. The second-order valence-corrected chi connectivity index (χ2v) is 6.32. The summed E-state index contributed by atoms with van der Waals surface area (Å²) < 4.78 is 16.9. The largest absolute Gasteiger partial charge is 0.496 e.